The van der Waals surface area contributed by atoms with Gasteiger partial charge in [0.25, 0.3) is 0 Å². The third-order valence-electron chi connectivity index (χ3n) is 4.17. The number of rotatable bonds is 9. The first kappa shape index (κ1) is 24.4. The van der Waals surface area contributed by atoms with Gasteiger partial charge in [-0.1, -0.05) is 61.2 Å². The van der Waals surface area contributed by atoms with Crippen LogP contribution in [0.1, 0.15) is 26.3 Å². The van der Waals surface area contributed by atoms with E-state index in [0.29, 0.717) is 6.42 Å². The normalized spacial score (nSPS) is 11.8. The van der Waals surface area contributed by atoms with E-state index in [2.05, 4.69) is 11.9 Å². The molecule has 0 aromatic heterocycles. The van der Waals surface area contributed by atoms with E-state index >= 15 is 0 Å². The highest BCUT2D eigenvalue weighted by atomic mass is 16.6. The number of allylic oxidation sites excluding steroid dienone is 1. The van der Waals surface area contributed by atoms with Crippen LogP contribution in [0.3, 0.4) is 0 Å². The molecule has 32 heavy (non-hydrogen) atoms. The number of nitrogens with one attached hydrogen (secondary N) is 1. The molecule has 0 aliphatic carbocycles. The fourth-order valence-corrected chi connectivity index (χ4v) is 2.89. The summed E-state index contributed by atoms with van der Waals surface area (Å²) in [5.41, 5.74) is 3.01. The molecule has 1 N–H and O–H groups in total. The molecule has 7 nitrogen and oxygen atoms in total. The smallest absolute Gasteiger partial charge is 0.412 e. The second-order valence-corrected chi connectivity index (χ2v) is 6.95. The molecular weight excluding hydrogens is 410 g/mol. The number of ether oxygens (including phenoxy) is 3. The predicted molar refractivity (Wildman–Crippen MR) is 120 cm³/mol. The molecule has 0 heterocycles. The second-order valence-electron chi connectivity index (χ2n) is 6.95. The second kappa shape index (κ2) is 12.1. The number of carbonyl (C=O) groups excluding carboxylic acids is 3. The van der Waals surface area contributed by atoms with Gasteiger partial charge in [-0.3, -0.25) is 4.79 Å². The summed E-state index contributed by atoms with van der Waals surface area (Å²) in [5, 5.41) is 2.65. The molecule has 0 saturated heterocycles. The molecular formula is C25H27NO6. The molecule has 2 rings (SSSR count). The Morgan fingerprint density at radius 2 is 1.59 bits per heavy atom. The largest absolute Gasteiger partial charge is 0.460 e. The minimum atomic E-state index is -0.804. The van der Waals surface area contributed by atoms with E-state index < -0.39 is 24.1 Å². The van der Waals surface area contributed by atoms with Crippen LogP contribution in [0.2, 0.25) is 0 Å². The molecule has 0 unspecified atom stereocenters. The van der Waals surface area contributed by atoms with E-state index in [1.54, 1.807) is 6.92 Å². The van der Waals surface area contributed by atoms with E-state index in [0.717, 1.165) is 16.7 Å². The number of alkyl carbamates (subject to hydrolysis) is 1. The molecule has 0 radical (unpaired) electrons. The molecule has 0 bridgehead atoms. The lowest BCUT2D eigenvalue weighted by atomic mass is 10.0. The standard InChI is InChI=1S/C25H27NO6/c1-5-30-24(28)23(32-18(4)27)16-22(26-25(29)31-17(2)3)15-19-11-13-21(14-12-19)20-9-7-6-8-10-20/h6-14,16,22H,2,5,15H2,1,3-4H3,(H,26,29)/b23-16-/t22-/m1/s1. The van der Waals surface area contributed by atoms with E-state index in [4.69, 9.17) is 14.2 Å². The average Bonchev–Trinajstić information content (AvgIpc) is 2.73. The van der Waals surface area contributed by atoms with Crippen molar-refractivity contribution in [1.29, 1.82) is 0 Å². The molecule has 168 valence electrons. The average molecular weight is 437 g/mol. The number of benzene rings is 2. The lowest BCUT2D eigenvalue weighted by Gasteiger charge is -2.17. The molecule has 0 saturated carbocycles. The van der Waals surface area contributed by atoms with Crippen molar-refractivity contribution in [2.75, 3.05) is 6.61 Å². The Morgan fingerprint density at radius 3 is 2.16 bits per heavy atom. The summed E-state index contributed by atoms with van der Waals surface area (Å²) < 4.78 is 14.9. The molecule has 0 spiro atoms. The van der Waals surface area contributed by atoms with Crippen LogP contribution in [0.5, 0.6) is 0 Å². The Balaban J connectivity index is 2.28. The van der Waals surface area contributed by atoms with E-state index in [9.17, 15) is 14.4 Å². The first-order valence-corrected chi connectivity index (χ1v) is 10.1. The quantitative estimate of drug-likeness (QED) is 0.268. The minimum absolute atomic E-state index is 0.105. The van der Waals surface area contributed by atoms with Crippen molar-refractivity contribution < 1.29 is 28.6 Å². The van der Waals surface area contributed by atoms with Crippen LogP contribution in [0.25, 0.3) is 11.1 Å². The topological polar surface area (TPSA) is 90.9 Å². The Bertz CT molecular complexity index is 979. The van der Waals surface area contributed by atoms with Gasteiger partial charge in [0.15, 0.2) is 0 Å². The molecule has 1 atom stereocenters. The van der Waals surface area contributed by atoms with Crippen molar-refractivity contribution in [2.24, 2.45) is 0 Å². The zero-order chi connectivity index (χ0) is 23.5. The first-order valence-electron chi connectivity index (χ1n) is 10.1. The van der Waals surface area contributed by atoms with Gasteiger partial charge in [0.05, 0.1) is 18.4 Å². The maximum Gasteiger partial charge on any atom is 0.412 e. The fourth-order valence-electron chi connectivity index (χ4n) is 2.89. The summed E-state index contributed by atoms with van der Waals surface area (Å²) in [5.74, 6) is -1.58. The Morgan fingerprint density at radius 1 is 0.969 bits per heavy atom. The Labute approximate surface area is 187 Å². The van der Waals surface area contributed by atoms with E-state index in [1.807, 2.05) is 54.6 Å². The molecule has 0 aliphatic rings. The summed E-state index contributed by atoms with van der Waals surface area (Å²) >= 11 is 0. The lowest BCUT2D eigenvalue weighted by molar-refractivity contribution is -0.150. The number of carbonyl (C=O) groups is 3. The van der Waals surface area contributed by atoms with Gasteiger partial charge in [0.2, 0.25) is 5.76 Å². The third-order valence-corrected chi connectivity index (χ3v) is 4.17. The summed E-state index contributed by atoms with van der Waals surface area (Å²) in [6.45, 7) is 7.99. The summed E-state index contributed by atoms with van der Waals surface area (Å²) in [7, 11) is 0. The van der Waals surface area contributed by atoms with Gasteiger partial charge in [-0.25, -0.2) is 9.59 Å². The highest BCUT2D eigenvalue weighted by Gasteiger charge is 2.20. The predicted octanol–water partition coefficient (Wildman–Crippen LogP) is 4.53. The highest BCUT2D eigenvalue weighted by Crippen LogP contribution is 2.20. The van der Waals surface area contributed by atoms with Gasteiger partial charge in [0.1, 0.15) is 0 Å². The van der Waals surface area contributed by atoms with Gasteiger partial charge < -0.3 is 19.5 Å². The minimum Gasteiger partial charge on any atom is -0.460 e. The van der Waals surface area contributed by atoms with Crippen LogP contribution in [0.4, 0.5) is 4.79 Å². The maximum absolute atomic E-state index is 12.2. The summed E-state index contributed by atoms with van der Waals surface area (Å²) in [4.78, 5) is 35.8. The van der Waals surface area contributed by atoms with Gasteiger partial charge in [-0.05, 0) is 43.0 Å². The summed E-state index contributed by atoms with van der Waals surface area (Å²) in [6, 6.07) is 17.0. The zero-order valence-corrected chi connectivity index (χ0v) is 18.4. The fraction of sp³-hybridized carbons (Fsp3) is 0.240. The van der Waals surface area contributed by atoms with Crippen LogP contribution in [0, 0.1) is 0 Å². The third kappa shape index (κ3) is 8.10. The highest BCUT2D eigenvalue weighted by molar-refractivity contribution is 5.89. The molecule has 0 aliphatic heterocycles. The van der Waals surface area contributed by atoms with Gasteiger partial charge in [-0.2, -0.15) is 0 Å². The molecule has 7 heteroatoms. The van der Waals surface area contributed by atoms with Gasteiger partial charge in [0, 0.05) is 6.92 Å². The van der Waals surface area contributed by atoms with E-state index in [-0.39, 0.29) is 18.1 Å². The number of hydrogen-bond donors (Lipinski definition) is 1. The van der Waals surface area contributed by atoms with Crippen molar-refractivity contribution in [3.8, 4) is 11.1 Å². The van der Waals surface area contributed by atoms with Crippen molar-refractivity contribution in [2.45, 2.75) is 33.2 Å². The van der Waals surface area contributed by atoms with Crippen LogP contribution >= 0.6 is 0 Å². The van der Waals surface area contributed by atoms with Crippen molar-refractivity contribution in [1.82, 2.24) is 5.32 Å². The SMILES string of the molecule is C=C(C)OC(=O)N[C@@H](/C=C(\OC(C)=O)C(=O)OCC)Cc1ccc(-c2ccccc2)cc1. The molecule has 0 fully saturated rings. The van der Waals surface area contributed by atoms with Crippen molar-refractivity contribution >= 4 is 18.0 Å². The van der Waals surface area contributed by atoms with E-state index in [1.165, 1.54) is 19.9 Å². The Hall–Kier alpha value is -3.87. The number of amides is 1. The molecule has 1 amide bonds. The van der Waals surface area contributed by atoms with Crippen LogP contribution in [-0.4, -0.2) is 30.7 Å². The molecule has 2 aromatic carbocycles. The first-order chi connectivity index (χ1) is 15.3. The lowest BCUT2D eigenvalue weighted by Crippen LogP contribution is -2.36. The molecule has 2 aromatic rings. The maximum atomic E-state index is 12.2. The van der Waals surface area contributed by atoms with Crippen LogP contribution in [0.15, 0.2) is 78.8 Å². The monoisotopic (exact) mass is 437 g/mol. The summed E-state index contributed by atoms with van der Waals surface area (Å²) in [6.07, 6.45) is 0.903. The van der Waals surface area contributed by atoms with Gasteiger partial charge >= 0.3 is 18.0 Å². The van der Waals surface area contributed by atoms with Crippen LogP contribution < -0.4 is 5.32 Å². The Kier molecular flexibility index (Phi) is 9.22. The van der Waals surface area contributed by atoms with Crippen LogP contribution in [-0.2, 0) is 30.2 Å². The van der Waals surface area contributed by atoms with Gasteiger partial charge in [-0.15, -0.1) is 0 Å². The van der Waals surface area contributed by atoms with Crippen molar-refractivity contribution in [3.05, 3.63) is 84.3 Å². The zero-order valence-electron chi connectivity index (χ0n) is 18.4. The number of hydrogen-bond acceptors (Lipinski definition) is 6. The van der Waals surface area contributed by atoms with Crippen molar-refractivity contribution in [3.63, 3.8) is 0 Å². The number of esters is 2.